The Kier molecular flexibility index (Phi) is 4.29. The van der Waals surface area contributed by atoms with Crippen LogP contribution in [0.4, 0.5) is 18.9 Å². The molecular formula is C17H9F3N2O4. The molecule has 0 unspecified atom stereocenters. The van der Waals surface area contributed by atoms with E-state index in [0.29, 0.717) is 0 Å². The average molecular weight is 362 g/mol. The number of aliphatic imine (C=N–C) groups is 1. The van der Waals surface area contributed by atoms with Crippen molar-refractivity contribution < 1.29 is 27.6 Å². The second-order valence-corrected chi connectivity index (χ2v) is 5.23. The van der Waals surface area contributed by atoms with Crippen molar-refractivity contribution in [3.63, 3.8) is 0 Å². The van der Waals surface area contributed by atoms with Gasteiger partial charge in [-0.25, -0.2) is 9.79 Å². The lowest BCUT2D eigenvalue weighted by Gasteiger charge is -2.09. The first-order valence-electron chi connectivity index (χ1n) is 7.19. The normalized spacial score (nSPS) is 15.7. The lowest BCUT2D eigenvalue weighted by atomic mass is 10.1. The Balaban J connectivity index is 1.96. The molecule has 0 aliphatic carbocycles. The van der Waals surface area contributed by atoms with Crippen LogP contribution in [-0.2, 0) is 15.7 Å². The highest BCUT2D eigenvalue weighted by Gasteiger charge is 2.33. The summed E-state index contributed by atoms with van der Waals surface area (Å²) < 4.78 is 44.0. The number of benzene rings is 2. The van der Waals surface area contributed by atoms with Crippen LogP contribution in [0, 0.1) is 10.1 Å². The van der Waals surface area contributed by atoms with E-state index in [1.54, 1.807) is 0 Å². The summed E-state index contributed by atoms with van der Waals surface area (Å²) in [6, 6.07) is 9.81. The lowest BCUT2D eigenvalue weighted by molar-refractivity contribution is -0.384. The van der Waals surface area contributed by atoms with Gasteiger partial charge in [0.25, 0.3) is 5.69 Å². The first kappa shape index (κ1) is 17.3. The van der Waals surface area contributed by atoms with Gasteiger partial charge in [-0.05, 0) is 29.8 Å². The van der Waals surface area contributed by atoms with Gasteiger partial charge in [-0.1, -0.05) is 18.2 Å². The molecule has 2 aromatic rings. The second kappa shape index (κ2) is 6.43. The number of non-ortho nitro benzene ring substituents is 1. The molecule has 2 aromatic carbocycles. The summed E-state index contributed by atoms with van der Waals surface area (Å²) in [7, 11) is 0. The quantitative estimate of drug-likeness (QED) is 0.358. The summed E-state index contributed by atoms with van der Waals surface area (Å²) >= 11 is 0. The summed E-state index contributed by atoms with van der Waals surface area (Å²) in [6.07, 6.45) is -3.59. The Morgan fingerprint density at radius 2 is 1.73 bits per heavy atom. The van der Waals surface area contributed by atoms with Gasteiger partial charge >= 0.3 is 12.1 Å². The third-order valence-electron chi connectivity index (χ3n) is 3.50. The minimum atomic E-state index is -4.58. The molecular weight excluding hydrogens is 353 g/mol. The number of esters is 1. The smallest absolute Gasteiger partial charge is 0.402 e. The first-order valence-corrected chi connectivity index (χ1v) is 7.19. The number of carbonyl (C=O) groups excluding carboxylic acids is 1. The molecule has 0 spiro atoms. The summed E-state index contributed by atoms with van der Waals surface area (Å²) in [5.74, 6) is -1.05. The van der Waals surface area contributed by atoms with E-state index >= 15 is 0 Å². The van der Waals surface area contributed by atoms with Crippen LogP contribution in [0.5, 0.6) is 0 Å². The number of nitrogens with zero attached hydrogens (tertiary/aromatic N) is 2. The zero-order valence-corrected chi connectivity index (χ0v) is 12.9. The monoisotopic (exact) mass is 362 g/mol. The number of nitro benzene ring substituents is 1. The van der Waals surface area contributed by atoms with Gasteiger partial charge in [0.1, 0.15) is 0 Å². The Labute approximate surface area is 144 Å². The van der Waals surface area contributed by atoms with E-state index < -0.39 is 22.6 Å². The van der Waals surface area contributed by atoms with Gasteiger partial charge in [0.2, 0.25) is 5.90 Å². The number of carbonyl (C=O) groups is 1. The van der Waals surface area contributed by atoms with Gasteiger partial charge in [-0.3, -0.25) is 10.1 Å². The van der Waals surface area contributed by atoms with Gasteiger partial charge < -0.3 is 4.74 Å². The van der Waals surface area contributed by atoms with Crippen LogP contribution in [0.25, 0.3) is 6.08 Å². The zero-order valence-electron chi connectivity index (χ0n) is 12.9. The van der Waals surface area contributed by atoms with Crippen LogP contribution in [-0.4, -0.2) is 16.8 Å². The molecule has 0 N–H and O–H groups in total. The van der Waals surface area contributed by atoms with Gasteiger partial charge in [0, 0.05) is 17.7 Å². The third kappa shape index (κ3) is 3.46. The van der Waals surface area contributed by atoms with Crippen LogP contribution in [0.2, 0.25) is 0 Å². The molecule has 0 saturated carbocycles. The maximum Gasteiger partial charge on any atom is 0.416 e. The van der Waals surface area contributed by atoms with Crippen molar-refractivity contribution in [2.24, 2.45) is 4.99 Å². The summed E-state index contributed by atoms with van der Waals surface area (Å²) in [5.41, 5.74) is -1.29. The number of ether oxygens (including phenoxy) is 1. The topological polar surface area (TPSA) is 81.8 Å². The highest BCUT2D eigenvalue weighted by atomic mass is 19.4. The molecule has 0 amide bonds. The average Bonchev–Trinajstić information content (AvgIpc) is 2.95. The molecule has 0 atom stereocenters. The van der Waals surface area contributed by atoms with Crippen LogP contribution in [0.3, 0.4) is 0 Å². The molecule has 0 saturated heterocycles. The van der Waals surface area contributed by atoms with E-state index in [9.17, 15) is 28.1 Å². The Bertz CT molecular complexity index is 947. The predicted octanol–water partition coefficient (Wildman–Crippen LogP) is 3.96. The number of alkyl halides is 3. The van der Waals surface area contributed by atoms with E-state index in [-0.39, 0.29) is 28.4 Å². The first-order chi connectivity index (χ1) is 12.3. The number of halogens is 3. The van der Waals surface area contributed by atoms with Crippen molar-refractivity contribution in [3.8, 4) is 0 Å². The fourth-order valence-electron chi connectivity index (χ4n) is 2.29. The number of hydrogen-bond acceptors (Lipinski definition) is 5. The summed E-state index contributed by atoms with van der Waals surface area (Å²) in [4.78, 5) is 25.9. The maximum atomic E-state index is 13.0. The van der Waals surface area contributed by atoms with E-state index in [2.05, 4.69) is 4.99 Å². The van der Waals surface area contributed by atoms with Crippen LogP contribution in [0.1, 0.15) is 16.7 Å². The van der Waals surface area contributed by atoms with Crippen LogP contribution < -0.4 is 0 Å². The number of hydrogen-bond donors (Lipinski definition) is 0. The maximum absolute atomic E-state index is 13.0. The molecule has 9 heteroatoms. The Morgan fingerprint density at radius 1 is 1.08 bits per heavy atom. The van der Waals surface area contributed by atoms with Crippen molar-refractivity contribution in [3.05, 3.63) is 81.0 Å². The highest BCUT2D eigenvalue weighted by molar-refractivity contribution is 6.12. The summed E-state index contributed by atoms with van der Waals surface area (Å²) in [6.45, 7) is 0. The third-order valence-corrected chi connectivity index (χ3v) is 3.50. The molecule has 26 heavy (non-hydrogen) atoms. The molecule has 132 valence electrons. The summed E-state index contributed by atoms with van der Waals surface area (Å²) in [5, 5.41) is 10.6. The standard InChI is InChI=1S/C17H9F3N2O4/c18-17(19,20)13-4-2-1-3-11(13)9-14-16(23)26-15(21-14)10-5-7-12(8-6-10)22(24)25/h1-9H/b14-9+. The Hall–Kier alpha value is -3.49. The van der Waals surface area contributed by atoms with Gasteiger partial charge in [0.15, 0.2) is 5.70 Å². The van der Waals surface area contributed by atoms with Crippen molar-refractivity contribution in [2.45, 2.75) is 6.18 Å². The zero-order chi connectivity index (χ0) is 18.9. The molecule has 1 heterocycles. The molecule has 1 aliphatic heterocycles. The van der Waals surface area contributed by atoms with Gasteiger partial charge in [-0.2, -0.15) is 13.2 Å². The second-order valence-electron chi connectivity index (χ2n) is 5.23. The van der Waals surface area contributed by atoms with E-state index in [1.807, 2.05) is 0 Å². The van der Waals surface area contributed by atoms with Crippen LogP contribution >= 0.6 is 0 Å². The molecule has 1 aliphatic rings. The van der Waals surface area contributed by atoms with Crippen molar-refractivity contribution >= 4 is 23.6 Å². The van der Waals surface area contributed by atoms with Crippen molar-refractivity contribution in [1.82, 2.24) is 0 Å². The number of rotatable bonds is 3. The van der Waals surface area contributed by atoms with Gasteiger partial charge in [0.05, 0.1) is 10.5 Å². The lowest BCUT2D eigenvalue weighted by Crippen LogP contribution is -2.08. The highest BCUT2D eigenvalue weighted by Crippen LogP contribution is 2.33. The predicted molar refractivity (Wildman–Crippen MR) is 85.1 cm³/mol. The molecule has 3 rings (SSSR count). The largest absolute Gasteiger partial charge is 0.416 e. The van der Waals surface area contributed by atoms with Gasteiger partial charge in [-0.15, -0.1) is 0 Å². The minimum Gasteiger partial charge on any atom is -0.402 e. The SMILES string of the molecule is O=C1OC(c2ccc([N+](=O)[O-])cc2)=N/C1=C/c1ccccc1C(F)(F)F. The molecule has 0 radical (unpaired) electrons. The van der Waals surface area contributed by atoms with E-state index in [1.165, 1.54) is 42.5 Å². The Morgan fingerprint density at radius 3 is 2.35 bits per heavy atom. The molecule has 6 nitrogen and oxygen atoms in total. The molecule has 0 fully saturated rings. The molecule has 0 aromatic heterocycles. The minimum absolute atomic E-state index is 0.138. The van der Waals surface area contributed by atoms with Crippen molar-refractivity contribution in [1.29, 1.82) is 0 Å². The molecule has 0 bridgehead atoms. The fourth-order valence-corrected chi connectivity index (χ4v) is 2.29. The van der Waals surface area contributed by atoms with E-state index in [0.717, 1.165) is 12.1 Å². The van der Waals surface area contributed by atoms with E-state index in [4.69, 9.17) is 4.74 Å². The van der Waals surface area contributed by atoms with Crippen molar-refractivity contribution in [2.75, 3.05) is 0 Å². The number of nitro groups is 1. The van der Waals surface area contributed by atoms with Crippen LogP contribution in [0.15, 0.2) is 59.2 Å². The fraction of sp³-hybridized carbons (Fsp3) is 0.0588. The number of cyclic esters (lactones) is 1.